The van der Waals surface area contributed by atoms with Gasteiger partial charge in [-0.15, -0.1) is 0 Å². The third-order valence-electron chi connectivity index (χ3n) is 6.01. The van der Waals surface area contributed by atoms with Crippen LogP contribution in [0.25, 0.3) is 11.0 Å². The molecule has 0 bridgehead atoms. The van der Waals surface area contributed by atoms with E-state index in [4.69, 9.17) is 0 Å². The molecule has 1 saturated carbocycles. The van der Waals surface area contributed by atoms with E-state index in [-0.39, 0.29) is 5.91 Å². The van der Waals surface area contributed by atoms with Gasteiger partial charge in [0, 0.05) is 37.1 Å². The van der Waals surface area contributed by atoms with Crippen molar-refractivity contribution < 1.29 is 13.2 Å². The monoisotopic (exact) mass is 505 g/mol. The lowest BCUT2D eigenvalue weighted by molar-refractivity contribution is 0.0951. The summed E-state index contributed by atoms with van der Waals surface area (Å²) in [4.78, 5) is 24.5. The maximum Gasteiger partial charge on any atom is 0.251 e. The Morgan fingerprint density at radius 3 is 2.56 bits per heavy atom. The number of carbonyl (C=O) groups is 1. The molecule has 0 spiro atoms. The molecule has 11 heteroatoms. The number of anilines is 4. The Morgan fingerprint density at radius 1 is 1.08 bits per heavy atom. The fourth-order valence-electron chi connectivity index (χ4n) is 3.79. The Hall–Kier alpha value is -4.12. The maximum atomic E-state index is 12.2. The van der Waals surface area contributed by atoms with Crippen LogP contribution in [0.4, 0.5) is 23.1 Å². The van der Waals surface area contributed by atoms with Gasteiger partial charge in [-0.2, -0.15) is 9.97 Å². The van der Waals surface area contributed by atoms with Gasteiger partial charge in [-0.1, -0.05) is 18.2 Å². The number of H-pyrrole nitrogens is 1. The molecule has 5 rings (SSSR count). The van der Waals surface area contributed by atoms with Crippen molar-refractivity contribution >= 4 is 50.1 Å². The van der Waals surface area contributed by atoms with Crippen molar-refractivity contribution in [3.05, 3.63) is 71.9 Å². The van der Waals surface area contributed by atoms with Gasteiger partial charge in [-0.3, -0.25) is 9.10 Å². The largest absolute Gasteiger partial charge is 0.365 e. The molecule has 0 atom stereocenters. The van der Waals surface area contributed by atoms with Crippen LogP contribution >= 0.6 is 0 Å². The van der Waals surface area contributed by atoms with Gasteiger partial charge in [-0.05, 0) is 54.8 Å². The number of sulfonamides is 1. The van der Waals surface area contributed by atoms with Crippen LogP contribution in [-0.4, -0.2) is 48.6 Å². The number of aromatic amines is 1. The van der Waals surface area contributed by atoms with Crippen LogP contribution in [0.2, 0.25) is 0 Å². The minimum atomic E-state index is -3.40. The third kappa shape index (κ3) is 5.25. The molecule has 1 aliphatic carbocycles. The summed E-state index contributed by atoms with van der Waals surface area (Å²) in [7, 11) is -1.87. The second-order valence-corrected chi connectivity index (χ2v) is 10.8. The highest BCUT2D eigenvalue weighted by Gasteiger charge is 2.23. The smallest absolute Gasteiger partial charge is 0.251 e. The molecular formula is C25H27N7O3S. The van der Waals surface area contributed by atoms with E-state index in [0.29, 0.717) is 41.3 Å². The van der Waals surface area contributed by atoms with Crippen LogP contribution < -0.4 is 20.3 Å². The predicted molar refractivity (Wildman–Crippen MR) is 141 cm³/mol. The molecule has 1 aliphatic rings. The molecule has 0 unspecified atom stereocenters. The van der Waals surface area contributed by atoms with E-state index in [0.717, 1.165) is 29.5 Å². The average Bonchev–Trinajstić information content (AvgIpc) is 3.54. The predicted octanol–water partition coefficient (Wildman–Crippen LogP) is 3.60. The Balaban J connectivity index is 1.35. The van der Waals surface area contributed by atoms with Crippen LogP contribution in [0.5, 0.6) is 0 Å². The standard InChI is InChI=1S/C25H27N7O3S/c1-32(36(2,34)35)21-6-4-3-5-17(21)15-27-23-20-13-14-26-22(20)30-25(31-23)29-19-9-7-16(8-10-19)24(33)28-18-11-12-18/h3-10,13-14,18H,11-12,15H2,1-2H3,(H,28,33)(H3,26,27,29,30,31). The number of nitrogens with zero attached hydrogens (tertiary/aromatic N) is 3. The molecule has 0 radical (unpaired) electrons. The first-order valence-corrected chi connectivity index (χ1v) is 13.4. The Morgan fingerprint density at radius 2 is 1.83 bits per heavy atom. The second kappa shape index (κ2) is 9.50. The third-order valence-corrected chi connectivity index (χ3v) is 7.20. The number of aromatic nitrogens is 3. The molecule has 10 nitrogen and oxygen atoms in total. The van der Waals surface area contributed by atoms with Gasteiger partial charge < -0.3 is 20.9 Å². The summed E-state index contributed by atoms with van der Waals surface area (Å²) >= 11 is 0. The molecule has 0 aliphatic heterocycles. The lowest BCUT2D eigenvalue weighted by atomic mass is 10.1. The molecule has 186 valence electrons. The van der Waals surface area contributed by atoms with Gasteiger partial charge in [0.15, 0.2) is 0 Å². The number of amides is 1. The van der Waals surface area contributed by atoms with E-state index in [1.165, 1.54) is 17.6 Å². The molecule has 1 amide bonds. The number of hydrogen-bond acceptors (Lipinski definition) is 7. The maximum absolute atomic E-state index is 12.2. The Kier molecular flexibility index (Phi) is 6.23. The van der Waals surface area contributed by atoms with E-state index in [9.17, 15) is 13.2 Å². The molecule has 2 heterocycles. The molecule has 2 aromatic heterocycles. The van der Waals surface area contributed by atoms with Crippen LogP contribution in [0.15, 0.2) is 60.8 Å². The summed E-state index contributed by atoms with van der Waals surface area (Å²) in [5, 5.41) is 10.3. The van der Waals surface area contributed by atoms with E-state index in [1.54, 1.807) is 30.5 Å². The van der Waals surface area contributed by atoms with Gasteiger partial charge in [-0.25, -0.2) is 8.42 Å². The first-order chi connectivity index (χ1) is 17.3. The van der Waals surface area contributed by atoms with Gasteiger partial charge in [0.05, 0.1) is 17.3 Å². The summed E-state index contributed by atoms with van der Waals surface area (Å²) in [6, 6.07) is 16.7. The summed E-state index contributed by atoms with van der Waals surface area (Å²) < 4.78 is 25.4. The number of nitrogens with one attached hydrogen (secondary N) is 4. The van der Waals surface area contributed by atoms with Crippen molar-refractivity contribution in [2.45, 2.75) is 25.4 Å². The van der Waals surface area contributed by atoms with Gasteiger partial charge in [0.2, 0.25) is 16.0 Å². The van der Waals surface area contributed by atoms with Crippen LogP contribution in [0, 0.1) is 0 Å². The van der Waals surface area contributed by atoms with Crippen molar-refractivity contribution in [2.75, 3.05) is 28.2 Å². The zero-order valence-corrected chi connectivity index (χ0v) is 20.8. The first-order valence-electron chi connectivity index (χ1n) is 11.6. The zero-order valence-electron chi connectivity index (χ0n) is 19.9. The highest BCUT2D eigenvalue weighted by atomic mass is 32.2. The van der Waals surface area contributed by atoms with Gasteiger partial charge in [0.1, 0.15) is 11.5 Å². The van der Waals surface area contributed by atoms with Crippen LogP contribution in [0.3, 0.4) is 0 Å². The van der Waals surface area contributed by atoms with E-state index in [2.05, 4.69) is 30.9 Å². The number of benzene rings is 2. The molecular weight excluding hydrogens is 478 g/mol. The highest BCUT2D eigenvalue weighted by molar-refractivity contribution is 7.92. The quantitative estimate of drug-likeness (QED) is 0.273. The number of fused-ring (bicyclic) bond motifs is 1. The average molecular weight is 506 g/mol. The van der Waals surface area contributed by atoms with Crippen LogP contribution in [-0.2, 0) is 16.6 Å². The summed E-state index contributed by atoms with van der Waals surface area (Å²) in [6.07, 6.45) is 5.04. The summed E-state index contributed by atoms with van der Waals surface area (Å²) in [5.74, 6) is 0.909. The van der Waals surface area contributed by atoms with Crippen molar-refractivity contribution in [2.24, 2.45) is 0 Å². The summed E-state index contributed by atoms with van der Waals surface area (Å²) in [5.41, 5.74) is 3.40. The lowest BCUT2D eigenvalue weighted by Crippen LogP contribution is -2.26. The Labute approximate surface area is 209 Å². The van der Waals surface area contributed by atoms with Gasteiger partial charge >= 0.3 is 0 Å². The van der Waals surface area contributed by atoms with E-state index >= 15 is 0 Å². The highest BCUT2D eigenvalue weighted by Crippen LogP contribution is 2.26. The molecule has 0 saturated heterocycles. The summed E-state index contributed by atoms with van der Waals surface area (Å²) in [6.45, 7) is 0.359. The molecule has 4 aromatic rings. The number of carbonyl (C=O) groups excluding carboxylic acids is 1. The first kappa shape index (κ1) is 23.6. The molecule has 36 heavy (non-hydrogen) atoms. The number of hydrogen-bond donors (Lipinski definition) is 4. The molecule has 2 aromatic carbocycles. The topological polar surface area (TPSA) is 132 Å². The van der Waals surface area contributed by atoms with Crippen LogP contribution in [0.1, 0.15) is 28.8 Å². The normalized spacial score (nSPS) is 13.4. The van der Waals surface area contributed by atoms with Crippen molar-refractivity contribution in [3.63, 3.8) is 0 Å². The number of para-hydroxylation sites is 1. The van der Waals surface area contributed by atoms with Gasteiger partial charge in [0.25, 0.3) is 5.91 Å². The van der Waals surface area contributed by atoms with Crippen molar-refractivity contribution in [1.82, 2.24) is 20.3 Å². The number of rotatable bonds is 9. The van der Waals surface area contributed by atoms with E-state index < -0.39 is 10.0 Å². The fourth-order valence-corrected chi connectivity index (χ4v) is 4.32. The SMILES string of the molecule is CN(c1ccccc1CNc1nc(Nc2ccc(C(=O)NC3CC3)cc2)nc2[nH]ccc12)S(C)(=O)=O. The second-order valence-electron chi connectivity index (χ2n) is 8.80. The molecule has 1 fully saturated rings. The lowest BCUT2D eigenvalue weighted by Gasteiger charge is -2.20. The minimum absolute atomic E-state index is 0.0682. The van der Waals surface area contributed by atoms with Crippen molar-refractivity contribution in [3.8, 4) is 0 Å². The fraction of sp³-hybridized carbons (Fsp3) is 0.240. The van der Waals surface area contributed by atoms with E-state index in [1.807, 2.05) is 30.3 Å². The molecule has 4 N–H and O–H groups in total. The Bertz CT molecular complexity index is 1510. The minimum Gasteiger partial charge on any atom is -0.365 e. The zero-order chi connectivity index (χ0) is 25.3. The van der Waals surface area contributed by atoms with Crippen molar-refractivity contribution in [1.29, 1.82) is 0 Å².